The number of hydrogen-bond donors (Lipinski definition) is 0. The van der Waals surface area contributed by atoms with Crippen molar-refractivity contribution in [1.29, 1.82) is 0 Å². The van der Waals surface area contributed by atoms with Crippen LogP contribution in [0.1, 0.15) is 12.7 Å². The molecule has 166 valence electrons. The van der Waals surface area contributed by atoms with E-state index in [1.807, 2.05) is 0 Å². The molecule has 0 unspecified atom stereocenters. The maximum atomic E-state index is 12.9. The summed E-state index contributed by atoms with van der Waals surface area (Å²) in [5, 5.41) is 4.05. The van der Waals surface area contributed by atoms with Crippen molar-refractivity contribution < 1.29 is 21.6 Å². The van der Waals surface area contributed by atoms with Crippen LogP contribution in [0.5, 0.6) is 0 Å². The summed E-state index contributed by atoms with van der Waals surface area (Å²) >= 11 is 12.1. The lowest BCUT2D eigenvalue weighted by Gasteiger charge is -2.11. The minimum Gasteiger partial charge on any atom is -0.253 e. The van der Waals surface area contributed by atoms with Crippen molar-refractivity contribution in [2.45, 2.75) is 18.0 Å². The maximum absolute atomic E-state index is 12.9. The summed E-state index contributed by atoms with van der Waals surface area (Å²) in [5.41, 5.74) is 0.988. The van der Waals surface area contributed by atoms with Crippen molar-refractivity contribution in [2.75, 3.05) is 5.75 Å². The Kier molecular flexibility index (Phi) is 5.60. The Balaban J connectivity index is 1.90. The number of fused-ring (bicyclic) bond motifs is 1. The SMILES string of the molecule is CCS(=O)(=O)c1cc(-c2cc(Cl)cc(Cl)c2)cnc1-c1ccn2nc(C(F)(F)F)nc2n1. The molecule has 0 saturated carbocycles. The molecular weight excluding hydrogens is 490 g/mol. The number of nitrogens with zero attached hydrogens (tertiary/aromatic N) is 5. The van der Waals surface area contributed by atoms with E-state index in [0.29, 0.717) is 21.2 Å². The third-order valence-corrected chi connectivity index (χ3v) is 6.65. The molecular formula is C19H12Cl2F3N5O2S. The second-order valence-corrected chi connectivity index (χ2v) is 9.74. The van der Waals surface area contributed by atoms with Gasteiger partial charge in [-0.3, -0.25) is 4.98 Å². The summed E-state index contributed by atoms with van der Waals surface area (Å²) in [4.78, 5) is 11.5. The first kappa shape index (κ1) is 22.4. The van der Waals surface area contributed by atoms with E-state index in [-0.39, 0.29) is 27.8 Å². The summed E-state index contributed by atoms with van der Waals surface area (Å²) in [6.45, 7) is 1.47. The van der Waals surface area contributed by atoms with Crippen molar-refractivity contribution in [3.8, 4) is 22.5 Å². The monoisotopic (exact) mass is 501 g/mol. The van der Waals surface area contributed by atoms with Gasteiger partial charge in [0.2, 0.25) is 0 Å². The van der Waals surface area contributed by atoms with Gasteiger partial charge in [-0.25, -0.2) is 17.9 Å². The van der Waals surface area contributed by atoms with E-state index in [1.165, 1.54) is 37.5 Å². The summed E-state index contributed by atoms with van der Waals surface area (Å²) in [5.74, 6) is -1.93. The Labute approximate surface area is 189 Å². The third-order valence-electron chi connectivity index (χ3n) is 4.47. The third kappa shape index (κ3) is 4.27. The molecule has 0 aliphatic rings. The highest BCUT2D eigenvalue weighted by molar-refractivity contribution is 7.91. The smallest absolute Gasteiger partial charge is 0.253 e. The number of hydrogen-bond acceptors (Lipinski definition) is 6. The first-order valence-corrected chi connectivity index (χ1v) is 11.4. The van der Waals surface area contributed by atoms with Crippen LogP contribution in [-0.4, -0.2) is 38.7 Å². The van der Waals surface area contributed by atoms with Crippen LogP contribution in [0.2, 0.25) is 10.0 Å². The standard InChI is InChI=1S/C19H12Cl2F3N5O2S/c1-2-32(30,31)15-7-11(10-5-12(20)8-13(21)6-10)9-25-16(15)14-3-4-29-18(26-14)27-17(28-29)19(22,23)24/h3-9H,2H2,1H3. The number of benzene rings is 1. The van der Waals surface area contributed by atoms with Crippen molar-refractivity contribution in [3.63, 3.8) is 0 Å². The Hall–Kier alpha value is -2.76. The fraction of sp³-hybridized carbons (Fsp3) is 0.158. The predicted molar refractivity (Wildman–Crippen MR) is 112 cm³/mol. The molecule has 32 heavy (non-hydrogen) atoms. The van der Waals surface area contributed by atoms with Crippen LogP contribution in [0, 0.1) is 0 Å². The Morgan fingerprint density at radius 2 is 1.72 bits per heavy atom. The molecule has 13 heteroatoms. The Morgan fingerprint density at radius 1 is 1.03 bits per heavy atom. The quantitative estimate of drug-likeness (QED) is 0.392. The zero-order valence-corrected chi connectivity index (χ0v) is 18.4. The highest BCUT2D eigenvalue weighted by Gasteiger charge is 2.36. The van der Waals surface area contributed by atoms with Gasteiger partial charge >= 0.3 is 6.18 Å². The van der Waals surface area contributed by atoms with Crippen LogP contribution in [0.4, 0.5) is 13.2 Å². The minimum atomic E-state index is -4.75. The highest BCUT2D eigenvalue weighted by Crippen LogP contribution is 2.33. The van der Waals surface area contributed by atoms with Gasteiger partial charge in [0, 0.05) is 28.0 Å². The zero-order chi connectivity index (χ0) is 23.3. The molecule has 0 atom stereocenters. The predicted octanol–water partition coefficient (Wildman–Crippen LogP) is 4.97. The summed E-state index contributed by atoms with van der Waals surface area (Å²) < 4.78 is 65.2. The van der Waals surface area contributed by atoms with Crippen molar-refractivity contribution in [3.05, 3.63) is 58.6 Å². The van der Waals surface area contributed by atoms with E-state index in [4.69, 9.17) is 23.2 Å². The number of aromatic nitrogens is 5. The number of pyridine rings is 1. The van der Waals surface area contributed by atoms with Crippen LogP contribution < -0.4 is 0 Å². The molecule has 0 bridgehead atoms. The van der Waals surface area contributed by atoms with E-state index in [2.05, 4.69) is 20.1 Å². The van der Waals surface area contributed by atoms with E-state index >= 15 is 0 Å². The fourth-order valence-corrected chi connectivity index (χ4v) is 4.53. The van der Waals surface area contributed by atoms with Crippen LogP contribution >= 0.6 is 23.2 Å². The molecule has 4 aromatic rings. The molecule has 0 N–H and O–H groups in total. The lowest BCUT2D eigenvalue weighted by molar-refractivity contribution is -0.144. The maximum Gasteiger partial charge on any atom is 0.453 e. The van der Waals surface area contributed by atoms with Gasteiger partial charge in [-0.2, -0.15) is 18.2 Å². The number of halogens is 5. The first-order chi connectivity index (χ1) is 15.0. The lowest BCUT2D eigenvalue weighted by Crippen LogP contribution is -2.08. The van der Waals surface area contributed by atoms with Crippen LogP contribution in [-0.2, 0) is 16.0 Å². The Morgan fingerprint density at radius 3 is 2.34 bits per heavy atom. The van der Waals surface area contributed by atoms with Crippen molar-refractivity contribution in [1.82, 2.24) is 24.6 Å². The van der Waals surface area contributed by atoms with Crippen LogP contribution in [0.15, 0.2) is 47.6 Å². The molecule has 0 fully saturated rings. The molecule has 4 rings (SSSR count). The van der Waals surface area contributed by atoms with Crippen LogP contribution in [0.25, 0.3) is 28.3 Å². The average molecular weight is 502 g/mol. The molecule has 7 nitrogen and oxygen atoms in total. The molecule has 3 aromatic heterocycles. The van der Waals surface area contributed by atoms with Gasteiger partial charge < -0.3 is 0 Å². The van der Waals surface area contributed by atoms with E-state index in [9.17, 15) is 21.6 Å². The zero-order valence-electron chi connectivity index (χ0n) is 16.1. The highest BCUT2D eigenvalue weighted by atomic mass is 35.5. The second-order valence-electron chi connectivity index (χ2n) is 6.62. The Bertz CT molecular complexity index is 1440. The van der Waals surface area contributed by atoms with E-state index in [1.54, 1.807) is 12.1 Å². The number of sulfone groups is 1. The second kappa shape index (κ2) is 7.98. The summed E-state index contributed by atoms with van der Waals surface area (Å²) in [7, 11) is -3.79. The molecule has 1 aromatic carbocycles. The largest absolute Gasteiger partial charge is 0.453 e. The topological polar surface area (TPSA) is 90.1 Å². The van der Waals surface area contributed by atoms with Crippen LogP contribution in [0.3, 0.4) is 0 Å². The van der Waals surface area contributed by atoms with Crippen molar-refractivity contribution >= 4 is 38.8 Å². The van der Waals surface area contributed by atoms with Gasteiger partial charge in [0.25, 0.3) is 11.6 Å². The molecule has 0 radical (unpaired) electrons. The molecule has 3 heterocycles. The minimum absolute atomic E-state index is 0.0252. The van der Waals surface area contributed by atoms with E-state index < -0.39 is 21.8 Å². The molecule has 0 amide bonds. The van der Waals surface area contributed by atoms with Gasteiger partial charge in [-0.05, 0) is 35.9 Å². The average Bonchev–Trinajstić information content (AvgIpc) is 3.16. The van der Waals surface area contributed by atoms with Gasteiger partial charge in [0.1, 0.15) is 5.69 Å². The summed E-state index contributed by atoms with van der Waals surface area (Å²) in [6.07, 6.45) is -2.14. The summed E-state index contributed by atoms with van der Waals surface area (Å²) in [6, 6.07) is 7.46. The number of alkyl halides is 3. The molecule has 0 spiro atoms. The number of rotatable bonds is 4. The first-order valence-electron chi connectivity index (χ1n) is 8.98. The van der Waals surface area contributed by atoms with Gasteiger partial charge in [0.05, 0.1) is 16.3 Å². The lowest BCUT2D eigenvalue weighted by atomic mass is 10.1. The van der Waals surface area contributed by atoms with Gasteiger partial charge in [0.15, 0.2) is 9.84 Å². The molecule has 0 aliphatic carbocycles. The van der Waals surface area contributed by atoms with E-state index in [0.717, 1.165) is 4.52 Å². The molecule has 0 saturated heterocycles. The van der Waals surface area contributed by atoms with Crippen molar-refractivity contribution in [2.24, 2.45) is 0 Å². The normalized spacial score (nSPS) is 12.4. The van der Waals surface area contributed by atoms with Gasteiger partial charge in [-0.1, -0.05) is 30.1 Å². The van der Waals surface area contributed by atoms with Gasteiger partial charge in [-0.15, -0.1) is 5.10 Å². The fourth-order valence-electron chi connectivity index (χ4n) is 2.94. The molecule has 0 aliphatic heterocycles.